The van der Waals surface area contributed by atoms with Crippen LogP contribution in [0.3, 0.4) is 0 Å². The van der Waals surface area contributed by atoms with E-state index in [1.807, 2.05) is 13.8 Å². The number of morpholine rings is 1. The van der Waals surface area contributed by atoms with E-state index < -0.39 is 12.0 Å². The fraction of sp³-hybridized carbons (Fsp3) is 0.458. The van der Waals surface area contributed by atoms with Gasteiger partial charge >= 0.3 is 6.09 Å². The molecule has 1 aromatic carbocycles. The van der Waals surface area contributed by atoms with Crippen LogP contribution in [0.4, 0.5) is 4.79 Å². The molecule has 1 aromatic rings. The van der Waals surface area contributed by atoms with Crippen LogP contribution in [-0.4, -0.2) is 50.2 Å². The van der Waals surface area contributed by atoms with Gasteiger partial charge in [-0.2, -0.15) is 5.26 Å². The minimum absolute atomic E-state index is 0.0555. The normalized spacial score (nSPS) is 22.3. The maximum atomic E-state index is 13.3. The van der Waals surface area contributed by atoms with Crippen molar-refractivity contribution in [3.63, 3.8) is 0 Å². The number of carbonyl (C=O) groups excluding carboxylic acids is 2. The third-order valence-electron chi connectivity index (χ3n) is 6.07. The summed E-state index contributed by atoms with van der Waals surface area (Å²) in [6, 6.07) is 7.18. The number of ketones is 1. The van der Waals surface area contributed by atoms with Gasteiger partial charge in [-0.15, -0.1) is 0 Å². The smallest absolute Gasteiger partial charge is 0.415 e. The van der Waals surface area contributed by atoms with E-state index >= 15 is 0 Å². The van der Waals surface area contributed by atoms with Crippen molar-refractivity contribution >= 4 is 11.9 Å². The van der Waals surface area contributed by atoms with Crippen LogP contribution in [0, 0.1) is 16.7 Å². The largest absolute Gasteiger partial charge is 0.493 e. The quantitative estimate of drug-likeness (QED) is 0.741. The lowest BCUT2D eigenvalue weighted by Gasteiger charge is -2.37. The van der Waals surface area contributed by atoms with E-state index in [2.05, 4.69) is 6.07 Å². The lowest BCUT2D eigenvalue weighted by atomic mass is 9.70. The maximum absolute atomic E-state index is 13.3. The average Bonchev–Trinajstić information content (AvgIpc) is 2.78. The highest BCUT2D eigenvalue weighted by Gasteiger charge is 2.44. The van der Waals surface area contributed by atoms with Gasteiger partial charge in [0.05, 0.1) is 26.2 Å². The van der Waals surface area contributed by atoms with Gasteiger partial charge in [0, 0.05) is 37.1 Å². The standard InChI is InChI=1S/C24H27N3O6/c1-24(2)11-16(28)20-18(12-24)32-22(26)15(13-25)19(20)14-5-4-6-17(30-3)21(14)33-23(29)27-7-9-31-10-8-27/h4-6,19H,7-12,26H2,1-3H3/t19-/m0/s1. The van der Waals surface area contributed by atoms with Crippen molar-refractivity contribution in [2.45, 2.75) is 32.6 Å². The molecule has 4 rings (SSSR count). The Morgan fingerprint density at radius 3 is 2.67 bits per heavy atom. The zero-order valence-electron chi connectivity index (χ0n) is 19.0. The number of hydrogen-bond donors (Lipinski definition) is 1. The van der Waals surface area contributed by atoms with Gasteiger partial charge in [-0.3, -0.25) is 4.79 Å². The molecule has 2 aliphatic heterocycles. The number of carbonyl (C=O) groups is 2. The van der Waals surface area contributed by atoms with Crippen LogP contribution < -0.4 is 15.2 Å². The van der Waals surface area contributed by atoms with E-state index in [-0.39, 0.29) is 28.4 Å². The summed E-state index contributed by atoms with van der Waals surface area (Å²) < 4.78 is 22.3. The molecule has 174 valence electrons. The SMILES string of the molecule is COc1cccc([C@H]2C(C#N)=C(N)OC3=C2C(=O)CC(C)(C)C3)c1OC(=O)N1CCOCC1. The Bertz CT molecular complexity index is 1090. The highest BCUT2D eigenvalue weighted by molar-refractivity contribution is 6.00. The zero-order chi connectivity index (χ0) is 23.8. The molecule has 2 heterocycles. The molecule has 0 saturated carbocycles. The summed E-state index contributed by atoms with van der Waals surface area (Å²) in [5.74, 6) is -0.105. The molecule has 1 amide bonds. The predicted molar refractivity (Wildman–Crippen MR) is 117 cm³/mol. The Morgan fingerprint density at radius 2 is 2.00 bits per heavy atom. The third kappa shape index (κ3) is 4.26. The van der Waals surface area contributed by atoms with Gasteiger partial charge in [-0.05, 0) is 11.5 Å². The Balaban J connectivity index is 1.83. The third-order valence-corrected chi connectivity index (χ3v) is 6.07. The first-order valence-electron chi connectivity index (χ1n) is 10.8. The highest BCUT2D eigenvalue weighted by atomic mass is 16.6. The number of Topliss-reactive ketones (excluding diaryl/α,β-unsaturated/α-hetero) is 1. The van der Waals surface area contributed by atoms with Crippen LogP contribution in [0.1, 0.15) is 38.2 Å². The number of nitrogens with zero attached hydrogens (tertiary/aromatic N) is 2. The number of para-hydroxylation sites is 1. The molecular weight excluding hydrogens is 426 g/mol. The summed E-state index contributed by atoms with van der Waals surface area (Å²) in [5.41, 5.74) is 6.74. The minimum Gasteiger partial charge on any atom is -0.493 e. The van der Waals surface area contributed by atoms with E-state index in [1.165, 1.54) is 12.0 Å². The van der Waals surface area contributed by atoms with Gasteiger partial charge in [0.25, 0.3) is 0 Å². The van der Waals surface area contributed by atoms with Crippen molar-refractivity contribution in [3.05, 3.63) is 46.6 Å². The van der Waals surface area contributed by atoms with Crippen LogP contribution in [-0.2, 0) is 14.3 Å². The molecule has 9 nitrogen and oxygen atoms in total. The highest BCUT2D eigenvalue weighted by Crippen LogP contribution is 2.50. The number of methoxy groups -OCH3 is 1. The molecule has 0 unspecified atom stereocenters. The number of nitrogens with two attached hydrogens (primary N) is 1. The number of benzene rings is 1. The first-order chi connectivity index (χ1) is 15.8. The predicted octanol–water partition coefficient (Wildman–Crippen LogP) is 2.98. The van der Waals surface area contributed by atoms with E-state index in [9.17, 15) is 14.9 Å². The average molecular weight is 453 g/mol. The van der Waals surface area contributed by atoms with Crippen LogP contribution in [0.2, 0.25) is 0 Å². The van der Waals surface area contributed by atoms with Crippen molar-refractivity contribution in [3.8, 4) is 17.6 Å². The molecular formula is C24H27N3O6. The van der Waals surface area contributed by atoms with Crippen molar-refractivity contribution in [2.24, 2.45) is 11.1 Å². The lowest BCUT2D eigenvalue weighted by molar-refractivity contribution is -0.119. The van der Waals surface area contributed by atoms with Gasteiger partial charge in [-0.1, -0.05) is 26.0 Å². The number of amides is 1. The number of hydrogen-bond acceptors (Lipinski definition) is 8. The van der Waals surface area contributed by atoms with Crippen LogP contribution in [0.15, 0.2) is 41.0 Å². The first kappa shape index (κ1) is 22.7. The topological polar surface area (TPSA) is 124 Å². The van der Waals surface area contributed by atoms with E-state index in [0.717, 1.165) is 0 Å². The summed E-state index contributed by atoms with van der Waals surface area (Å²) >= 11 is 0. The number of ether oxygens (including phenoxy) is 4. The van der Waals surface area contributed by atoms with Crippen LogP contribution in [0.5, 0.6) is 11.5 Å². The Hall–Kier alpha value is -3.51. The molecule has 0 bridgehead atoms. The molecule has 0 aromatic heterocycles. The second-order valence-electron chi connectivity index (χ2n) is 9.05. The van der Waals surface area contributed by atoms with Crippen molar-refractivity contribution in [1.29, 1.82) is 5.26 Å². The van der Waals surface area contributed by atoms with Gasteiger partial charge < -0.3 is 29.6 Å². The molecule has 33 heavy (non-hydrogen) atoms. The second-order valence-corrected chi connectivity index (χ2v) is 9.05. The van der Waals surface area contributed by atoms with E-state index in [0.29, 0.717) is 61.8 Å². The zero-order valence-corrected chi connectivity index (χ0v) is 19.0. The van der Waals surface area contributed by atoms with Crippen molar-refractivity contribution in [2.75, 3.05) is 33.4 Å². The molecule has 1 atom stereocenters. The molecule has 9 heteroatoms. The molecule has 1 aliphatic carbocycles. The van der Waals surface area contributed by atoms with Gasteiger partial charge in [0.2, 0.25) is 5.88 Å². The Kier molecular flexibility index (Phi) is 6.04. The second kappa shape index (κ2) is 8.79. The van der Waals surface area contributed by atoms with Crippen molar-refractivity contribution in [1.82, 2.24) is 4.90 Å². The van der Waals surface area contributed by atoms with Crippen LogP contribution >= 0.6 is 0 Å². The van der Waals surface area contributed by atoms with Gasteiger partial charge in [-0.25, -0.2) is 4.79 Å². The van der Waals surface area contributed by atoms with E-state index in [1.54, 1.807) is 18.2 Å². The summed E-state index contributed by atoms with van der Waals surface area (Å²) in [6.07, 6.45) is 0.241. The molecule has 0 radical (unpaired) electrons. The molecule has 3 aliphatic rings. The summed E-state index contributed by atoms with van der Waals surface area (Å²) in [5, 5.41) is 9.91. The van der Waals surface area contributed by atoms with E-state index in [4.69, 9.17) is 24.7 Å². The first-order valence-corrected chi connectivity index (χ1v) is 10.8. The lowest BCUT2D eigenvalue weighted by Crippen LogP contribution is -2.42. The Morgan fingerprint density at radius 1 is 1.27 bits per heavy atom. The van der Waals surface area contributed by atoms with Gasteiger partial charge in [0.1, 0.15) is 17.4 Å². The molecule has 1 saturated heterocycles. The molecule has 0 spiro atoms. The minimum atomic E-state index is -0.829. The fourth-order valence-corrected chi connectivity index (χ4v) is 4.52. The Labute approximate surface area is 192 Å². The fourth-order valence-electron chi connectivity index (χ4n) is 4.52. The summed E-state index contributed by atoms with van der Waals surface area (Å²) in [7, 11) is 1.46. The molecule has 2 N–H and O–H groups in total. The van der Waals surface area contributed by atoms with Crippen molar-refractivity contribution < 1.29 is 28.5 Å². The number of allylic oxidation sites excluding steroid dienone is 3. The summed E-state index contributed by atoms with van der Waals surface area (Å²) in [4.78, 5) is 27.7. The molecule has 1 fully saturated rings. The number of rotatable bonds is 3. The summed E-state index contributed by atoms with van der Waals surface area (Å²) in [6.45, 7) is 5.61. The van der Waals surface area contributed by atoms with Crippen LogP contribution in [0.25, 0.3) is 0 Å². The monoisotopic (exact) mass is 453 g/mol. The maximum Gasteiger partial charge on any atom is 0.415 e. The number of nitriles is 1. The van der Waals surface area contributed by atoms with Gasteiger partial charge in [0.15, 0.2) is 17.3 Å².